The lowest BCUT2D eigenvalue weighted by Crippen LogP contribution is -2.27. The average molecular weight is 284 g/mol. The Bertz CT molecular complexity index is 395. The van der Waals surface area contributed by atoms with Gasteiger partial charge in [-0.25, -0.2) is 0 Å². The Balaban J connectivity index is 2.60. The number of carboxylic acid groups (broad SMARTS) is 1. The minimum absolute atomic E-state index is 0.153. The highest BCUT2D eigenvalue weighted by atomic mass is 35.5. The first-order valence-electron chi connectivity index (χ1n) is 6.85. The average Bonchev–Trinajstić information content (AvgIpc) is 2.37. The van der Waals surface area contributed by atoms with Gasteiger partial charge in [0.15, 0.2) is 0 Å². The summed E-state index contributed by atoms with van der Waals surface area (Å²) < 4.78 is 0. The van der Waals surface area contributed by atoms with Crippen LogP contribution in [0.15, 0.2) is 24.3 Å². The Morgan fingerprint density at radius 3 is 2.68 bits per heavy atom. The summed E-state index contributed by atoms with van der Waals surface area (Å²) in [5.41, 5.74) is 1.00. The third kappa shape index (κ3) is 6.48. The van der Waals surface area contributed by atoms with Gasteiger partial charge in [0, 0.05) is 23.8 Å². The second-order valence-corrected chi connectivity index (χ2v) is 5.11. The molecule has 0 amide bonds. The zero-order valence-corrected chi connectivity index (χ0v) is 12.2. The summed E-state index contributed by atoms with van der Waals surface area (Å²) in [4.78, 5) is 12.8. The van der Waals surface area contributed by atoms with E-state index in [0.717, 1.165) is 18.7 Å². The fourth-order valence-corrected chi connectivity index (χ4v) is 2.19. The van der Waals surface area contributed by atoms with Crippen molar-refractivity contribution in [2.75, 3.05) is 18.0 Å². The van der Waals surface area contributed by atoms with Gasteiger partial charge in [-0.3, -0.25) is 4.79 Å². The molecule has 0 radical (unpaired) electrons. The van der Waals surface area contributed by atoms with Crippen LogP contribution in [0.1, 0.15) is 39.0 Å². The predicted molar refractivity (Wildman–Crippen MR) is 80.1 cm³/mol. The molecule has 0 bridgehead atoms. The number of carboxylic acids is 1. The van der Waals surface area contributed by atoms with Crippen molar-refractivity contribution >= 4 is 23.3 Å². The van der Waals surface area contributed by atoms with E-state index in [0.29, 0.717) is 11.6 Å². The van der Waals surface area contributed by atoms with Gasteiger partial charge in [-0.05, 0) is 24.6 Å². The fraction of sp³-hybridized carbons (Fsp3) is 0.533. The van der Waals surface area contributed by atoms with Crippen molar-refractivity contribution in [3.8, 4) is 0 Å². The molecule has 19 heavy (non-hydrogen) atoms. The second kappa shape index (κ2) is 8.81. The molecule has 0 aromatic heterocycles. The Hall–Kier alpha value is -1.22. The van der Waals surface area contributed by atoms with Crippen molar-refractivity contribution in [2.45, 2.75) is 39.0 Å². The molecule has 106 valence electrons. The Morgan fingerprint density at radius 2 is 2.05 bits per heavy atom. The molecule has 0 aliphatic rings. The molecule has 1 rings (SSSR count). The van der Waals surface area contributed by atoms with E-state index in [1.54, 1.807) is 0 Å². The number of hydrogen-bond acceptors (Lipinski definition) is 2. The maximum atomic E-state index is 10.7. The highest BCUT2D eigenvalue weighted by molar-refractivity contribution is 6.30. The maximum Gasteiger partial charge on any atom is 0.305 e. The molecule has 0 atom stereocenters. The summed E-state index contributed by atoms with van der Waals surface area (Å²) in [6.45, 7) is 3.59. The largest absolute Gasteiger partial charge is 0.481 e. The van der Waals surface area contributed by atoms with Crippen LogP contribution in [0.4, 0.5) is 5.69 Å². The number of carbonyl (C=O) groups is 1. The van der Waals surface area contributed by atoms with E-state index in [1.165, 1.54) is 19.3 Å². The molecule has 0 heterocycles. The van der Waals surface area contributed by atoms with Crippen LogP contribution < -0.4 is 4.90 Å². The molecule has 0 aliphatic heterocycles. The van der Waals surface area contributed by atoms with E-state index in [9.17, 15) is 4.79 Å². The van der Waals surface area contributed by atoms with Crippen molar-refractivity contribution in [3.63, 3.8) is 0 Å². The number of halogens is 1. The summed E-state index contributed by atoms with van der Waals surface area (Å²) in [6.07, 6.45) is 4.84. The molecule has 0 saturated heterocycles. The van der Waals surface area contributed by atoms with E-state index in [1.807, 2.05) is 24.3 Å². The van der Waals surface area contributed by atoms with Gasteiger partial charge in [0.1, 0.15) is 0 Å². The van der Waals surface area contributed by atoms with E-state index in [4.69, 9.17) is 16.7 Å². The molecular formula is C15H22ClNO2. The van der Waals surface area contributed by atoms with Gasteiger partial charge in [0.2, 0.25) is 0 Å². The van der Waals surface area contributed by atoms with E-state index >= 15 is 0 Å². The number of anilines is 1. The molecule has 0 saturated carbocycles. The lowest BCUT2D eigenvalue weighted by molar-refractivity contribution is -0.136. The number of aliphatic carboxylic acids is 1. The van der Waals surface area contributed by atoms with Gasteiger partial charge in [0.05, 0.1) is 6.42 Å². The molecule has 4 heteroatoms. The standard InChI is InChI=1S/C15H22ClNO2/c1-2-3-4-5-10-17(11-9-15(18)19)14-8-6-7-13(16)12-14/h6-8,12H,2-5,9-11H2,1H3,(H,18,19). The Morgan fingerprint density at radius 1 is 1.26 bits per heavy atom. The molecule has 0 aliphatic carbocycles. The Labute approximate surface area is 120 Å². The number of hydrogen-bond donors (Lipinski definition) is 1. The number of benzene rings is 1. The fourth-order valence-electron chi connectivity index (χ4n) is 2.00. The summed E-state index contributed by atoms with van der Waals surface area (Å²) in [6, 6.07) is 7.60. The summed E-state index contributed by atoms with van der Waals surface area (Å²) in [7, 11) is 0. The lowest BCUT2D eigenvalue weighted by atomic mass is 10.2. The van der Waals surface area contributed by atoms with Crippen LogP contribution in [0.5, 0.6) is 0 Å². The first kappa shape index (κ1) is 15.8. The monoisotopic (exact) mass is 283 g/mol. The Kier molecular flexibility index (Phi) is 7.34. The normalized spacial score (nSPS) is 10.4. The zero-order valence-electron chi connectivity index (χ0n) is 11.4. The van der Waals surface area contributed by atoms with Gasteiger partial charge >= 0.3 is 5.97 Å². The SMILES string of the molecule is CCCCCCN(CCC(=O)O)c1cccc(Cl)c1. The van der Waals surface area contributed by atoms with Crippen molar-refractivity contribution in [1.29, 1.82) is 0 Å². The third-order valence-corrected chi connectivity index (χ3v) is 3.29. The first-order valence-corrected chi connectivity index (χ1v) is 7.23. The third-order valence-electron chi connectivity index (χ3n) is 3.05. The molecule has 0 spiro atoms. The van der Waals surface area contributed by atoms with E-state index in [-0.39, 0.29) is 6.42 Å². The van der Waals surface area contributed by atoms with Crippen LogP contribution >= 0.6 is 11.6 Å². The van der Waals surface area contributed by atoms with Crippen LogP contribution in [0.25, 0.3) is 0 Å². The molecular weight excluding hydrogens is 262 g/mol. The first-order chi connectivity index (χ1) is 9.13. The van der Waals surface area contributed by atoms with Gasteiger partial charge in [0.25, 0.3) is 0 Å². The highest BCUT2D eigenvalue weighted by Crippen LogP contribution is 2.20. The van der Waals surface area contributed by atoms with Crippen LogP contribution in [0, 0.1) is 0 Å². The van der Waals surface area contributed by atoms with Gasteiger partial charge in [-0.2, -0.15) is 0 Å². The number of rotatable bonds is 9. The van der Waals surface area contributed by atoms with Crippen LogP contribution in [0.3, 0.4) is 0 Å². The van der Waals surface area contributed by atoms with E-state index < -0.39 is 5.97 Å². The second-order valence-electron chi connectivity index (χ2n) is 4.67. The van der Waals surface area contributed by atoms with Gasteiger partial charge in [-0.15, -0.1) is 0 Å². The minimum atomic E-state index is -0.763. The summed E-state index contributed by atoms with van der Waals surface area (Å²) in [5, 5.41) is 9.51. The van der Waals surface area contributed by atoms with Crippen LogP contribution in [-0.4, -0.2) is 24.2 Å². The van der Waals surface area contributed by atoms with Crippen LogP contribution in [-0.2, 0) is 4.79 Å². The van der Waals surface area contributed by atoms with Crippen molar-refractivity contribution in [3.05, 3.63) is 29.3 Å². The summed E-state index contributed by atoms with van der Waals surface area (Å²) >= 11 is 5.99. The topological polar surface area (TPSA) is 40.5 Å². The lowest BCUT2D eigenvalue weighted by Gasteiger charge is -2.24. The quantitative estimate of drug-likeness (QED) is 0.691. The highest BCUT2D eigenvalue weighted by Gasteiger charge is 2.08. The van der Waals surface area contributed by atoms with Crippen molar-refractivity contribution < 1.29 is 9.90 Å². The van der Waals surface area contributed by atoms with Crippen LogP contribution in [0.2, 0.25) is 5.02 Å². The predicted octanol–water partition coefficient (Wildman–Crippen LogP) is 4.20. The molecule has 1 aromatic rings. The van der Waals surface area contributed by atoms with E-state index in [2.05, 4.69) is 11.8 Å². The maximum absolute atomic E-state index is 10.7. The molecule has 0 fully saturated rings. The van der Waals surface area contributed by atoms with Gasteiger partial charge in [-0.1, -0.05) is 43.9 Å². The smallest absolute Gasteiger partial charge is 0.305 e. The molecule has 0 unspecified atom stereocenters. The number of nitrogens with zero attached hydrogens (tertiary/aromatic N) is 1. The number of unbranched alkanes of at least 4 members (excludes halogenated alkanes) is 3. The summed E-state index contributed by atoms with van der Waals surface area (Å²) in [5.74, 6) is -0.763. The zero-order chi connectivity index (χ0) is 14.1. The molecule has 1 N–H and O–H groups in total. The van der Waals surface area contributed by atoms with Crippen molar-refractivity contribution in [2.24, 2.45) is 0 Å². The molecule has 1 aromatic carbocycles. The van der Waals surface area contributed by atoms with Crippen molar-refractivity contribution in [1.82, 2.24) is 0 Å². The van der Waals surface area contributed by atoms with Gasteiger partial charge < -0.3 is 10.0 Å². The minimum Gasteiger partial charge on any atom is -0.481 e. The molecule has 3 nitrogen and oxygen atoms in total.